The average molecular weight is 474 g/mol. The van der Waals surface area contributed by atoms with Crippen LogP contribution < -0.4 is 0 Å². The van der Waals surface area contributed by atoms with Gasteiger partial charge in [-0.15, -0.1) is 11.3 Å². The Labute approximate surface area is 202 Å². The summed E-state index contributed by atoms with van der Waals surface area (Å²) >= 11 is 1.77. The quantitative estimate of drug-likeness (QED) is 0.180. The van der Waals surface area contributed by atoms with E-state index < -0.39 is 11.0 Å². The van der Waals surface area contributed by atoms with Crippen LogP contribution in [0.4, 0.5) is 0 Å². The molecule has 5 heteroatoms. The van der Waals surface area contributed by atoms with Crippen LogP contribution in [-0.2, 0) is 22.3 Å². The van der Waals surface area contributed by atoms with Crippen molar-refractivity contribution >= 4 is 48.2 Å². The molecule has 1 heterocycles. The van der Waals surface area contributed by atoms with Gasteiger partial charge in [-0.25, -0.2) is 4.21 Å². The van der Waals surface area contributed by atoms with Gasteiger partial charge in [0.15, 0.2) is 0 Å². The Hall–Kier alpha value is -2.78. The van der Waals surface area contributed by atoms with E-state index >= 15 is 0 Å². The van der Waals surface area contributed by atoms with Crippen LogP contribution in [0, 0.1) is 11.8 Å². The zero-order chi connectivity index (χ0) is 23.4. The van der Waals surface area contributed by atoms with Crippen molar-refractivity contribution in [2.24, 2.45) is 4.40 Å². The van der Waals surface area contributed by atoms with E-state index in [1.807, 2.05) is 58.0 Å². The van der Waals surface area contributed by atoms with Crippen LogP contribution in [-0.4, -0.2) is 21.3 Å². The first kappa shape index (κ1) is 23.4. The van der Waals surface area contributed by atoms with E-state index in [1.54, 1.807) is 11.3 Å². The van der Waals surface area contributed by atoms with Crippen molar-refractivity contribution in [2.45, 2.75) is 39.0 Å². The maximum absolute atomic E-state index is 12.4. The third kappa shape index (κ3) is 5.78. The maximum Gasteiger partial charge on any atom is 0.145 e. The SMILES string of the molecule is CC(=N[S@@](=O)C(C)(C)C)c1ccc2sc3ccc(C#CCOCc4ccccc4)cc3c2c1. The molecule has 0 radical (unpaired) electrons. The minimum absolute atomic E-state index is 0.376. The second-order valence-corrected chi connectivity index (χ2v) is 11.8. The van der Waals surface area contributed by atoms with Gasteiger partial charge in [0.05, 0.1) is 17.1 Å². The molecule has 0 spiro atoms. The summed E-state index contributed by atoms with van der Waals surface area (Å²) in [6.45, 7) is 8.68. The molecule has 0 aliphatic heterocycles. The number of rotatable bonds is 5. The molecule has 0 saturated carbocycles. The Balaban J connectivity index is 1.55. The van der Waals surface area contributed by atoms with E-state index in [1.165, 1.54) is 20.2 Å². The molecule has 1 atom stereocenters. The highest BCUT2D eigenvalue weighted by Crippen LogP contribution is 2.35. The summed E-state index contributed by atoms with van der Waals surface area (Å²) in [5.74, 6) is 6.34. The number of ether oxygens (including phenoxy) is 1. The average Bonchev–Trinajstić information content (AvgIpc) is 3.16. The molecule has 4 rings (SSSR count). The van der Waals surface area contributed by atoms with Crippen LogP contribution in [0.3, 0.4) is 0 Å². The number of nitrogens with zero attached hydrogens (tertiary/aromatic N) is 1. The lowest BCUT2D eigenvalue weighted by atomic mass is 10.1. The van der Waals surface area contributed by atoms with E-state index in [9.17, 15) is 4.21 Å². The van der Waals surface area contributed by atoms with Crippen molar-refractivity contribution in [3.63, 3.8) is 0 Å². The summed E-state index contributed by atoms with van der Waals surface area (Å²) in [7, 11) is -1.28. The van der Waals surface area contributed by atoms with Gasteiger partial charge in [0.25, 0.3) is 0 Å². The summed E-state index contributed by atoms with van der Waals surface area (Å²) in [5.41, 5.74) is 3.89. The topological polar surface area (TPSA) is 38.7 Å². The van der Waals surface area contributed by atoms with E-state index in [4.69, 9.17) is 4.74 Å². The molecule has 0 aliphatic carbocycles. The van der Waals surface area contributed by atoms with Gasteiger partial charge in [-0.3, -0.25) is 0 Å². The van der Waals surface area contributed by atoms with E-state index in [2.05, 4.69) is 52.6 Å². The van der Waals surface area contributed by atoms with Crippen molar-refractivity contribution in [2.75, 3.05) is 6.61 Å². The van der Waals surface area contributed by atoms with Crippen molar-refractivity contribution in [1.29, 1.82) is 0 Å². The Morgan fingerprint density at radius 2 is 1.70 bits per heavy atom. The molecule has 0 fully saturated rings. The summed E-state index contributed by atoms with van der Waals surface area (Å²) < 4.78 is 24.6. The lowest BCUT2D eigenvalue weighted by Crippen LogP contribution is -2.20. The Morgan fingerprint density at radius 1 is 1.00 bits per heavy atom. The standard InChI is InChI=1S/C28H27NO2S2/c1-20(29-33(30)28(2,3)4)23-13-15-27-25(18-23)24-17-21(12-14-26(24)32-27)11-8-16-31-19-22-9-6-5-7-10-22/h5-7,9-10,12-15,17-18H,16,19H2,1-4H3/t33-/m0/s1. The summed E-state index contributed by atoms with van der Waals surface area (Å²) in [4.78, 5) is 0. The molecule has 0 unspecified atom stereocenters. The second-order valence-electron chi connectivity index (χ2n) is 8.84. The highest BCUT2D eigenvalue weighted by atomic mass is 32.2. The summed E-state index contributed by atoms with van der Waals surface area (Å²) in [6.07, 6.45) is 0. The molecule has 0 N–H and O–H groups in total. The van der Waals surface area contributed by atoms with Gasteiger partial charge in [-0.1, -0.05) is 48.2 Å². The zero-order valence-electron chi connectivity index (χ0n) is 19.3. The molecule has 0 saturated heterocycles. The summed E-state index contributed by atoms with van der Waals surface area (Å²) in [5, 5.41) is 2.35. The summed E-state index contributed by atoms with van der Waals surface area (Å²) in [6, 6.07) is 22.8. The zero-order valence-corrected chi connectivity index (χ0v) is 21.0. The van der Waals surface area contributed by atoms with Crippen LogP contribution >= 0.6 is 11.3 Å². The van der Waals surface area contributed by atoms with Crippen LogP contribution in [0.25, 0.3) is 20.2 Å². The Kier molecular flexibility index (Phi) is 7.09. The monoisotopic (exact) mass is 473 g/mol. The minimum Gasteiger partial charge on any atom is -0.364 e. The predicted molar refractivity (Wildman–Crippen MR) is 142 cm³/mol. The third-order valence-electron chi connectivity index (χ3n) is 5.15. The number of benzene rings is 3. The van der Waals surface area contributed by atoms with Gasteiger partial charge in [-0.2, -0.15) is 4.40 Å². The first-order valence-corrected chi connectivity index (χ1v) is 12.8. The van der Waals surface area contributed by atoms with Gasteiger partial charge < -0.3 is 4.74 Å². The number of thiophene rings is 1. The highest BCUT2D eigenvalue weighted by Gasteiger charge is 2.19. The normalized spacial score (nSPS) is 13.2. The van der Waals surface area contributed by atoms with Crippen LogP contribution in [0.2, 0.25) is 0 Å². The lowest BCUT2D eigenvalue weighted by molar-refractivity contribution is 0.153. The molecule has 3 aromatic carbocycles. The fraction of sp³-hybridized carbons (Fsp3) is 0.250. The van der Waals surface area contributed by atoms with Crippen molar-refractivity contribution in [1.82, 2.24) is 0 Å². The largest absolute Gasteiger partial charge is 0.364 e. The molecule has 168 valence electrons. The highest BCUT2D eigenvalue weighted by molar-refractivity contribution is 7.85. The number of hydrogen-bond donors (Lipinski definition) is 0. The number of fused-ring (bicyclic) bond motifs is 3. The molecule has 0 aliphatic rings. The van der Waals surface area contributed by atoms with Crippen LogP contribution in [0.1, 0.15) is 44.4 Å². The molecule has 0 amide bonds. The lowest BCUT2D eigenvalue weighted by Gasteiger charge is -2.14. The van der Waals surface area contributed by atoms with Gasteiger partial charge in [0.2, 0.25) is 0 Å². The van der Waals surface area contributed by atoms with Gasteiger partial charge >= 0.3 is 0 Å². The fourth-order valence-corrected chi connectivity index (χ4v) is 5.02. The van der Waals surface area contributed by atoms with Crippen molar-refractivity contribution in [3.05, 3.63) is 83.4 Å². The number of hydrogen-bond acceptors (Lipinski definition) is 3. The molecular formula is C28H27NO2S2. The van der Waals surface area contributed by atoms with Crippen LogP contribution in [0.5, 0.6) is 0 Å². The Bertz CT molecular complexity index is 1400. The molecule has 1 aromatic heterocycles. The van der Waals surface area contributed by atoms with Crippen molar-refractivity contribution in [3.8, 4) is 11.8 Å². The first-order chi connectivity index (χ1) is 15.8. The first-order valence-electron chi connectivity index (χ1n) is 10.9. The molecule has 33 heavy (non-hydrogen) atoms. The van der Waals surface area contributed by atoms with Crippen LogP contribution in [0.15, 0.2) is 71.1 Å². The Morgan fingerprint density at radius 3 is 2.42 bits per heavy atom. The van der Waals surface area contributed by atoms with E-state index in [0.717, 1.165) is 22.4 Å². The van der Waals surface area contributed by atoms with E-state index in [0.29, 0.717) is 13.2 Å². The fourth-order valence-electron chi connectivity index (χ4n) is 3.33. The maximum atomic E-state index is 12.4. The molecule has 0 bridgehead atoms. The minimum atomic E-state index is -1.28. The smallest absolute Gasteiger partial charge is 0.145 e. The van der Waals surface area contributed by atoms with Gasteiger partial charge in [0, 0.05) is 25.7 Å². The molecule has 3 nitrogen and oxygen atoms in total. The molecule has 4 aromatic rings. The van der Waals surface area contributed by atoms with E-state index in [-0.39, 0.29) is 4.75 Å². The molecular weight excluding hydrogens is 446 g/mol. The predicted octanol–water partition coefficient (Wildman–Crippen LogP) is 6.89. The van der Waals surface area contributed by atoms with Gasteiger partial charge in [-0.05, 0) is 69.2 Å². The van der Waals surface area contributed by atoms with Gasteiger partial charge in [0.1, 0.15) is 17.6 Å². The van der Waals surface area contributed by atoms with Crippen molar-refractivity contribution < 1.29 is 8.95 Å². The third-order valence-corrected chi connectivity index (χ3v) is 7.79. The second kappa shape index (κ2) is 10.0.